The van der Waals surface area contributed by atoms with Gasteiger partial charge in [-0.2, -0.15) is 0 Å². The molecule has 0 aliphatic heterocycles. The molecule has 6 heteroatoms. The molecule has 0 fully saturated rings. The van der Waals surface area contributed by atoms with E-state index in [1.807, 2.05) is 0 Å². The topological polar surface area (TPSA) is 78.9 Å². The van der Waals surface area contributed by atoms with E-state index in [2.05, 4.69) is 41.5 Å². The number of esters is 3. The van der Waals surface area contributed by atoms with Crippen molar-refractivity contribution in [2.45, 2.75) is 240 Å². The molecule has 0 saturated carbocycles. The summed E-state index contributed by atoms with van der Waals surface area (Å²) in [6.07, 6.45) is 32.4. The quantitative estimate of drug-likeness (QED) is 0.0359. The molecule has 0 bridgehead atoms. The van der Waals surface area contributed by atoms with Gasteiger partial charge in [0.2, 0.25) is 0 Å². The van der Waals surface area contributed by atoms with E-state index in [0.717, 1.165) is 75.5 Å². The molecule has 0 aliphatic rings. The standard InChI is InChI=1S/C45H86O6/c1-7-41(6)33-27-21-14-11-12-15-22-28-34-43(46)49-37-42(38-50-44(47)35-29-23-18-17-20-26-32-40(4)5)51-45(48)36-30-24-16-10-8-9-13-19-25-31-39(2)3/h39-42H,7-38H2,1-6H3/t41?,42-/m0/s1. The number of rotatable bonds is 38. The summed E-state index contributed by atoms with van der Waals surface area (Å²) < 4.78 is 16.7. The SMILES string of the molecule is CCC(C)CCCCCCCCCCC(=O)OC[C@@H](COC(=O)CCCCCCCCC(C)C)OC(=O)CCCCCCCCCCCC(C)C. The van der Waals surface area contributed by atoms with Crippen molar-refractivity contribution < 1.29 is 28.6 Å². The smallest absolute Gasteiger partial charge is 0.306 e. The van der Waals surface area contributed by atoms with E-state index in [-0.39, 0.29) is 31.1 Å². The number of hydrogen-bond acceptors (Lipinski definition) is 6. The van der Waals surface area contributed by atoms with Gasteiger partial charge in [0.25, 0.3) is 0 Å². The van der Waals surface area contributed by atoms with Crippen LogP contribution in [-0.4, -0.2) is 37.2 Å². The summed E-state index contributed by atoms with van der Waals surface area (Å²) >= 11 is 0. The fraction of sp³-hybridized carbons (Fsp3) is 0.933. The third-order valence-corrected chi connectivity index (χ3v) is 10.3. The van der Waals surface area contributed by atoms with Gasteiger partial charge in [-0.3, -0.25) is 14.4 Å². The van der Waals surface area contributed by atoms with Crippen LogP contribution in [0.2, 0.25) is 0 Å². The number of hydrogen-bond donors (Lipinski definition) is 0. The zero-order valence-corrected chi connectivity index (χ0v) is 34.9. The van der Waals surface area contributed by atoms with E-state index in [0.29, 0.717) is 19.3 Å². The van der Waals surface area contributed by atoms with E-state index >= 15 is 0 Å². The Morgan fingerprint density at radius 2 is 0.686 bits per heavy atom. The molecule has 0 spiro atoms. The lowest BCUT2D eigenvalue weighted by Crippen LogP contribution is -2.30. The van der Waals surface area contributed by atoms with Crippen molar-refractivity contribution in [3.05, 3.63) is 0 Å². The lowest BCUT2D eigenvalue weighted by atomic mass is 9.99. The largest absolute Gasteiger partial charge is 0.462 e. The van der Waals surface area contributed by atoms with Crippen molar-refractivity contribution in [1.29, 1.82) is 0 Å². The highest BCUT2D eigenvalue weighted by atomic mass is 16.6. The highest BCUT2D eigenvalue weighted by Gasteiger charge is 2.19. The summed E-state index contributed by atoms with van der Waals surface area (Å²) in [4.78, 5) is 37.6. The third-order valence-electron chi connectivity index (χ3n) is 10.3. The Morgan fingerprint density at radius 1 is 0.392 bits per heavy atom. The maximum atomic E-state index is 12.7. The second-order valence-electron chi connectivity index (χ2n) is 16.5. The Balaban J connectivity index is 4.36. The predicted octanol–water partition coefficient (Wildman–Crippen LogP) is 13.7. The lowest BCUT2D eigenvalue weighted by Gasteiger charge is -2.18. The minimum Gasteiger partial charge on any atom is -0.462 e. The lowest BCUT2D eigenvalue weighted by molar-refractivity contribution is -0.167. The van der Waals surface area contributed by atoms with E-state index in [4.69, 9.17) is 14.2 Å². The maximum Gasteiger partial charge on any atom is 0.306 e. The summed E-state index contributed by atoms with van der Waals surface area (Å²) in [5.74, 6) is 1.55. The average molecular weight is 723 g/mol. The van der Waals surface area contributed by atoms with Gasteiger partial charge in [-0.1, -0.05) is 196 Å². The summed E-state index contributed by atoms with van der Waals surface area (Å²) in [6.45, 7) is 13.6. The number of ether oxygens (including phenoxy) is 3. The van der Waals surface area contributed by atoms with Crippen LogP contribution in [0.4, 0.5) is 0 Å². The molecule has 1 unspecified atom stereocenters. The van der Waals surface area contributed by atoms with Crippen LogP contribution in [-0.2, 0) is 28.6 Å². The predicted molar refractivity (Wildman–Crippen MR) is 215 cm³/mol. The first-order valence-electron chi connectivity index (χ1n) is 22.1. The molecule has 0 amide bonds. The van der Waals surface area contributed by atoms with Crippen molar-refractivity contribution in [3.63, 3.8) is 0 Å². The molecular weight excluding hydrogens is 636 g/mol. The Morgan fingerprint density at radius 3 is 1.02 bits per heavy atom. The van der Waals surface area contributed by atoms with E-state index in [1.54, 1.807) is 0 Å². The Labute approximate surface area is 317 Å². The highest BCUT2D eigenvalue weighted by Crippen LogP contribution is 2.17. The van der Waals surface area contributed by atoms with Crippen molar-refractivity contribution in [2.24, 2.45) is 17.8 Å². The average Bonchev–Trinajstić information content (AvgIpc) is 3.09. The Bertz CT molecular complexity index is 794. The second-order valence-corrected chi connectivity index (χ2v) is 16.5. The van der Waals surface area contributed by atoms with E-state index < -0.39 is 6.10 Å². The van der Waals surface area contributed by atoms with Crippen LogP contribution in [0, 0.1) is 17.8 Å². The second kappa shape index (κ2) is 36.8. The van der Waals surface area contributed by atoms with E-state index in [9.17, 15) is 14.4 Å². The van der Waals surface area contributed by atoms with Crippen molar-refractivity contribution in [3.8, 4) is 0 Å². The van der Waals surface area contributed by atoms with Crippen LogP contribution in [0.5, 0.6) is 0 Å². The first-order chi connectivity index (χ1) is 24.6. The van der Waals surface area contributed by atoms with Crippen LogP contribution in [0.3, 0.4) is 0 Å². The fourth-order valence-corrected chi connectivity index (χ4v) is 6.49. The first-order valence-corrected chi connectivity index (χ1v) is 22.1. The molecule has 0 aromatic carbocycles. The first kappa shape index (κ1) is 49.4. The van der Waals surface area contributed by atoms with Crippen LogP contribution < -0.4 is 0 Å². The molecule has 0 heterocycles. The fourth-order valence-electron chi connectivity index (χ4n) is 6.49. The molecule has 51 heavy (non-hydrogen) atoms. The van der Waals surface area contributed by atoms with Gasteiger partial charge in [-0.05, 0) is 37.0 Å². The van der Waals surface area contributed by atoms with Gasteiger partial charge < -0.3 is 14.2 Å². The molecule has 0 N–H and O–H groups in total. The van der Waals surface area contributed by atoms with Gasteiger partial charge in [-0.25, -0.2) is 0 Å². The Kier molecular flexibility index (Phi) is 35.6. The summed E-state index contributed by atoms with van der Waals surface area (Å²) in [5.41, 5.74) is 0. The maximum absolute atomic E-state index is 12.7. The van der Waals surface area contributed by atoms with Crippen molar-refractivity contribution in [2.75, 3.05) is 13.2 Å². The molecule has 0 aliphatic carbocycles. The molecule has 0 aromatic rings. The molecule has 302 valence electrons. The number of carbonyl (C=O) groups excluding carboxylic acids is 3. The summed E-state index contributed by atoms with van der Waals surface area (Å²) in [5, 5.41) is 0. The molecule has 2 atom stereocenters. The summed E-state index contributed by atoms with van der Waals surface area (Å²) in [7, 11) is 0. The van der Waals surface area contributed by atoms with Crippen LogP contribution in [0.15, 0.2) is 0 Å². The monoisotopic (exact) mass is 723 g/mol. The zero-order valence-electron chi connectivity index (χ0n) is 34.9. The van der Waals surface area contributed by atoms with Gasteiger partial charge >= 0.3 is 17.9 Å². The molecule has 0 rings (SSSR count). The molecular formula is C45H86O6. The van der Waals surface area contributed by atoms with Gasteiger partial charge in [0.05, 0.1) is 0 Å². The molecule has 0 radical (unpaired) electrons. The normalized spacial score (nSPS) is 12.7. The van der Waals surface area contributed by atoms with Gasteiger partial charge in [0.1, 0.15) is 13.2 Å². The molecule has 0 aromatic heterocycles. The molecule has 0 saturated heterocycles. The van der Waals surface area contributed by atoms with E-state index in [1.165, 1.54) is 116 Å². The molecule has 6 nitrogen and oxygen atoms in total. The number of carbonyl (C=O) groups is 3. The van der Waals surface area contributed by atoms with Crippen LogP contribution in [0.1, 0.15) is 234 Å². The van der Waals surface area contributed by atoms with Crippen LogP contribution in [0.25, 0.3) is 0 Å². The summed E-state index contributed by atoms with van der Waals surface area (Å²) in [6, 6.07) is 0. The van der Waals surface area contributed by atoms with Crippen LogP contribution >= 0.6 is 0 Å². The van der Waals surface area contributed by atoms with Crippen molar-refractivity contribution in [1.82, 2.24) is 0 Å². The van der Waals surface area contributed by atoms with Crippen molar-refractivity contribution >= 4 is 17.9 Å². The number of unbranched alkanes of at least 4 members (excludes halogenated alkanes) is 20. The third kappa shape index (κ3) is 38.0. The van der Waals surface area contributed by atoms with Gasteiger partial charge in [-0.15, -0.1) is 0 Å². The minimum absolute atomic E-state index is 0.0674. The van der Waals surface area contributed by atoms with Gasteiger partial charge in [0.15, 0.2) is 6.10 Å². The minimum atomic E-state index is -0.762. The highest BCUT2D eigenvalue weighted by molar-refractivity contribution is 5.71. The Hall–Kier alpha value is -1.59. The van der Waals surface area contributed by atoms with Gasteiger partial charge in [0, 0.05) is 19.3 Å². The zero-order chi connectivity index (χ0) is 37.8.